The molecular formula is C20H21FO4. The molecule has 0 radical (unpaired) electrons. The number of carbonyl (C=O) groups excluding carboxylic acids is 1. The maximum atomic E-state index is 12.9. The molecule has 132 valence electrons. The predicted molar refractivity (Wildman–Crippen MR) is 93.2 cm³/mol. The average Bonchev–Trinajstić information content (AvgIpc) is 2.68. The monoisotopic (exact) mass is 344 g/mol. The molecule has 0 fully saturated rings. The Kier molecular flexibility index (Phi) is 7.66. The van der Waals surface area contributed by atoms with Crippen LogP contribution in [0.1, 0.15) is 22.3 Å². The van der Waals surface area contributed by atoms with Gasteiger partial charge >= 0.3 is 5.97 Å². The Morgan fingerprint density at radius 3 is 2.44 bits per heavy atom. The van der Waals surface area contributed by atoms with Crippen molar-refractivity contribution in [1.29, 1.82) is 0 Å². The third-order valence-electron chi connectivity index (χ3n) is 3.55. The van der Waals surface area contributed by atoms with Gasteiger partial charge in [0.05, 0.1) is 32.2 Å². The van der Waals surface area contributed by atoms with Gasteiger partial charge in [-0.25, -0.2) is 9.18 Å². The number of hydrogen-bond donors (Lipinski definition) is 0. The van der Waals surface area contributed by atoms with Crippen molar-refractivity contribution in [3.63, 3.8) is 0 Å². The van der Waals surface area contributed by atoms with Crippen LogP contribution < -0.4 is 4.74 Å². The lowest BCUT2D eigenvalue weighted by Gasteiger charge is -2.09. The lowest BCUT2D eigenvalue weighted by molar-refractivity contribution is 0.0528. The van der Waals surface area contributed by atoms with Gasteiger partial charge in [0.2, 0.25) is 0 Å². The van der Waals surface area contributed by atoms with Gasteiger partial charge in [-0.05, 0) is 41.8 Å². The second-order valence-corrected chi connectivity index (χ2v) is 5.36. The molecule has 0 atom stereocenters. The van der Waals surface area contributed by atoms with Crippen LogP contribution >= 0.6 is 0 Å². The maximum Gasteiger partial charge on any atom is 0.338 e. The van der Waals surface area contributed by atoms with Crippen LogP contribution in [-0.2, 0) is 16.1 Å². The molecule has 0 heterocycles. The van der Waals surface area contributed by atoms with Gasteiger partial charge < -0.3 is 14.2 Å². The molecule has 0 aliphatic carbocycles. The zero-order valence-electron chi connectivity index (χ0n) is 14.1. The molecule has 25 heavy (non-hydrogen) atoms. The molecule has 0 unspecified atom stereocenters. The summed E-state index contributed by atoms with van der Waals surface area (Å²) in [6.45, 7) is 0.675. The highest BCUT2D eigenvalue weighted by molar-refractivity contribution is 5.89. The highest BCUT2D eigenvalue weighted by Crippen LogP contribution is 2.13. The van der Waals surface area contributed by atoms with Crippen molar-refractivity contribution in [1.82, 2.24) is 0 Å². The summed E-state index contributed by atoms with van der Waals surface area (Å²) in [5, 5.41) is 0. The van der Waals surface area contributed by atoms with Crippen molar-refractivity contribution in [2.45, 2.75) is 13.0 Å². The molecule has 4 nitrogen and oxygen atoms in total. The maximum absolute atomic E-state index is 12.9. The first-order valence-corrected chi connectivity index (χ1v) is 7.94. The molecule has 0 N–H and O–H groups in total. The van der Waals surface area contributed by atoms with Gasteiger partial charge in [0.25, 0.3) is 0 Å². The first-order valence-electron chi connectivity index (χ1n) is 7.94. The van der Waals surface area contributed by atoms with Crippen LogP contribution in [0, 0.1) is 0 Å². The fraction of sp³-hybridized carbons (Fsp3) is 0.250. The van der Waals surface area contributed by atoms with Gasteiger partial charge in [0.15, 0.2) is 0 Å². The number of methoxy groups -OCH3 is 1. The van der Waals surface area contributed by atoms with Crippen molar-refractivity contribution in [3.8, 4) is 5.75 Å². The molecular weight excluding hydrogens is 323 g/mol. The van der Waals surface area contributed by atoms with Gasteiger partial charge in [-0.2, -0.15) is 0 Å². The standard InChI is InChI=1S/C20H21FO4/c1-23-19-9-7-16(8-10-19)14-24-12-11-17(13-21)15-25-20(22)18-5-3-2-4-6-18/h2-10,13H,11-12,14-15H2,1H3/b17-13-. The smallest absolute Gasteiger partial charge is 0.338 e. The fourth-order valence-electron chi connectivity index (χ4n) is 2.09. The Labute approximate surface area is 146 Å². The summed E-state index contributed by atoms with van der Waals surface area (Å²) in [5.41, 5.74) is 1.82. The summed E-state index contributed by atoms with van der Waals surface area (Å²) >= 11 is 0. The van der Waals surface area contributed by atoms with E-state index in [0.29, 0.717) is 37.1 Å². The highest BCUT2D eigenvalue weighted by atomic mass is 19.1. The minimum Gasteiger partial charge on any atom is -0.497 e. The average molecular weight is 344 g/mol. The Morgan fingerprint density at radius 1 is 1.08 bits per heavy atom. The lowest BCUT2D eigenvalue weighted by Crippen LogP contribution is -2.09. The van der Waals surface area contributed by atoms with Gasteiger partial charge in [0, 0.05) is 0 Å². The summed E-state index contributed by atoms with van der Waals surface area (Å²) in [6.07, 6.45) is 0.823. The van der Waals surface area contributed by atoms with E-state index in [0.717, 1.165) is 11.3 Å². The number of esters is 1. The first-order chi connectivity index (χ1) is 12.2. The van der Waals surface area contributed by atoms with E-state index in [-0.39, 0.29) is 6.61 Å². The van der Waals surface area contributed by atoms with Crippen molar-refractivity contribution in [2.75, 3.05) is 20.3 Å². The molecule has 0 amide bonds. The first kappa shape index (κ1) is 18.7. The van der Waals surface area contributed by atoms with Crippen molar-refractivity contribution in [3.05, 3.63) is 77.6 Å². The van der Waals surface area contributed by atoms with E-state index in [1.165, 1.54) is 0 Å². The van der Waals surface area contributed by atoms with Crippen LogP contribution in [-0.4, -0.2) is 26.3 Å². The number of rotatable bonds is 9. The minimum absolute atomic E-state index is 0.0872. The molecule has 0 saturated heterocycles. The van der Waals surface area contributed by atoms with Gasteiger partial charge in [0.1, 0.15) is 12.4 Å². The summed E-state index contributed by atoms with van der Waals surface area (Å²) < 4.78 is 28.6. The molecule has 2 aromatic carbocycles. The van der Waals surface area contributed by atoms with Gasteiger partial charge in [-0.1, -0.05) is 30.3 Å². The number of hydrogen-bond acceptors (Lipinski definition) is 4. The summed E-state index contributed by atoms with van der Waals surface area (Å²) in [4.78, 5) is 11.8. The van der Waals surface area contributed by atoms with Crippen LogP contribution in [0.2, 0.25) is 0 Å². The third-order valence-corrected chi connectivity index (χ3v) is 3.55. The van der Waals surface area contributed by atoms with E-state index in [1.807, 2.05) is 30.3 Å². The second-order valence-electron chi connectivity index (χ2n) is 5.36. The Bertz CT molecular complexity index is 681. The second kappa shape index (κ2) is 10.3. The largest absolute Gasteiger partial charge is 0.497 e. The predicted octanol–water partition coefficient (Wildman–Crippen LogP) is 4.31. The number of ether oxygens (including phenoxy) is 3. The Hall–Kier alpha value is -2.66. The molecule has 5 heteroatoms. The van der Waals surface area contributed by atoms with Crippen molar-refractivity contribution < 1.29 is 23.4 Å². The highest BCUT2D eigenvalue weighted by Gasteiger charge is 2.08. The van der Waals surface area contributed by atoms with Crippen LogP contribution in [0.4, 0.5) is 4.39 Å². The molecule has 0 aliphatic rings. The van der Waals surface area contributed by atoms with Crippen molar-refractivity contribution in [2.24, 2.45) is 0 Å². The number of carbonyl (C=O) groups is 1. The molecule has 2 aromatic rings. The topological polar surface area (TPSA) is 44.8 Å². The molecule has 0 aromatic heterocycles. The molecule has 0 aliphatic heterocycles. The van der Waals surface area contributed by atoms with E-state index in [2.05, 4.69) is 0 Å². The third kappa shape index (κ3) is 6.39. The van der Waals surface area contributed by atoms with Gasteiger partial charge in [-0.3, -0.25) is 0 Å². The fourth-order valence-corrected chi connectivity index (χ4v) is 2.09. The van der Waals surface area contributed by atoms with E-state index in [4.69, 9.17) is 14.2 Å². The van der Waals surface area contributed by atoms with E-state index >= 15 is 0 Å². The Morgan fingerprint density at radius 2 is 1.80 bits per heavy atom. The summed E-state index contributed by atoms with van der Waals surface area (Å²) in [7, 11) is 1.61. The number of halogens is 1. The summed E-state index contributed by atoms with van der Waals surface area (Å²) in [5.74, 6) is 0.311. The SMILES string of the molecule is COc1ccc(COCC/C(=C/F)COC(=O)c2ccccc2)cc1. The Balaban J connectivity index is 1.68. The lowest BCUT2D eigenvalue weighted by atomic mass is 10.2. The van der Waals surface area contributed by atoms with E-state index in [1.54, 1.807) is 31.4 Å². The molecule has 0 bridgehead atoms. The van der Waals surface area contributed by atoms with Crippen LogP contribution in [0.25, 0.3) is 0 Å². The quantitative estimate of drug-likeness (QED) is 0.502. The zero-order chi connectivity index (χ0) is 17.9. The normalized spacial score (nSPS) is 11.2. The van der Waals surface area contributed by atoms with Gasteiger partial charge in [-0.15, -0.1) is 0 Å². The van der Waals surface area contributed by atoms with E-state index < -0.39 is 5.97 Å². The molecule has 0 saturated carbocycles. The minimum atomic E-state index is -0.473. The van der Waals surface area contributed by atoms with E-state index in [9.17, 15) is 9.18 Å². The van der Waals surface area contributed by atoms with Crippen molar-refractivity contribution >= 4 is 5.97 Å². The van der Waals surface area contributed by atoms with Crippen LogP contribution in [0.15, 0.2) is 66.5 Å². The zero-order valence-corrected chi connectivity index (χ0v) is 14.1. The van der Waals surface area contributed by atoms with Crippen LogP contribution in [0.5, 0.6) is 5.75 Å². The molecule has 2 rings (SSSR count). The summed E-state index contributed by atoms with van der Waals surface area (Å²) in [6, 6.07) is 16.1. The number of benzene rings is 2. The van der Waals surface area contributed by atoms with Crippen LogP contribution in [0.3, 0.4) is 0 Å². The molecule has 0 spiro atoms.